The van der Waals surface area contributed by atoms with Gasteiger partial charge in [0.2, 0.25) is 0 Å². The Bertz CT molecular complexity index is 315. The molecule has 0 bridgehead atoms. The van der Waals surface area contributed by atoms with Crippen LogP contribution >= 0.6 is 11.6 Å². The molecule has 0 fully saturated rings. The predicted octanol–water partition coefficient (Wildman–Crippen LogP) is 2.12. The zero-order valence-corrected chi connectivity index (χ0v) is 9.50. The molecule has 0 aliphatic heterocycles. The van der Waals surface area contributed by atoms with E-state index >= 15 is 0 Å². The number of rotatable bonds is 5. The lowest BCUT2D eigenvalue weighted by molar-refractivity contribution is 0.233. The Hall–Kier alpha value is -0.770. The van der Waals surface area contributed by atoms with Gasteiger partial charge in [-0.25, -0.2) is 0 Å². The van der Waals surface area contributed by atoms with Gasteiger partial charge in [0.1, 0.15) is 5.75 Å². The van der Waals surface area contributed by atoms with E-state index in [1.54, 1.807) is 12.1 Å². The summed E-state index contributed by atoms with van der Waals surface area (Å²) in [6.07, 6.45) is 0.603. The van der Waals surface area contributed by atoms with Crippen LogP contribution in [0.3, 0.4) is 0 Å². The fourth-order valence-corrected chi connectivity index (χ4v) is 1.41. The summed E-state index contributed by atoms with van der Waals surface area (Å²) in [6.45, 7) is 2.49. The molecule has 0 saturated carbocycles. The van der Waals surface area contributed by atoms with Crippen LogP contribution in [-0.4, -0.2) is 18.3 Å². The lowest BCUT2D eigenvalue weighted by Gasteiger charge is -2.10. The molecule has 15 heavy (non-hydrogen) atoms. The second-order valence-corrected chi connectivity index (χ2v) is 3.81. The van der Waals surface area contributed by atoms with E-state index in [1.807, 2.05) is 13.0 Å². The highest BCUT2D eigenvalue weighted by Gasteiger charge is 2.05. The fraction of sp³-hybridized carbons (Fsp3) is 0.455. The zero-order chi connectivity index (χ0) is 11.3. The smallest absolute Gasteiger partial charge is 0.137 e. The first-order valence-corrected chi connectivity index (χ1v) is 5.31. The second-order valence-electron chi connectivity index (χ2n) is 3.40. The third kappa shape index (κ3) is 3.70. The maximum atomic E-state index is 8.60. The van der Waals surface area contributed by atoms with E-state index in [-0.39, 0.29) is 12.6 Å². The molecule has 0 aliphatic carbocycles. The second kappa shape index (κ2) is 5.95. The molecule has 84 valence electrons. The largest absolute Gasteiger partial charge is 0.492 e. The molecule has 0 aromatic heterocycles. The molecule has 4 heteroatoms. The van der Waals surface area contributed by atoms with E-state index < -0.39 is 0 Å². The Morgan fingerprint density at radius 3 is 2.80 bits per heavy atom. The Balaban J connectivity index is 2.66. The van der Waals surface area contributed by atoms with Crippen LogP contribution in [-0.2, 0) is 0 Å². The van der Waals surface area contributed by atoms with E-state index in [0.717, 1.165) is 5.56 Å². The summed E-state index contributed by atoms with van der Waals surface area (Å²) in [5.74, 6) is 0.634. The Labute approximate surface area is 94.8 Å². The Kier molecular flexibility index (Phi) is 4.88. The van der Waals surface area contributed by atoms with Crippen molar-refractivity contribution in [3.63, 3.8) is 0 Å². The molecule has 1 aromatic rings. The van der Waals surface area contributed by atoms with E-state index in [1.165, 1.54) is 0 Å². The van der Waals surface area contributed by atoms with Gasteiger partial charge in [-0.2, -0.15) is 0 Å². The van der Waals surface area contributed by atoms with Crippen molar-refractivity contribution in [2.45, 2.75) is 19.4 Å². The minimum Gasteiger partial charge on any atom is -0.492 e. The van der Waals surface area contributed by atoms with E-state index in [2.05, 4.69) is 0 Å². The first-order valence-electron chi connectivity index (χ1n) is 4.94. The molecule has 0 radical (unpaired) electrons. The van der Waals surface area contributed by atoms with E-state index in [9.17, 15) is 0 Å². The third-order valence-electron chi connectivity index (χ3n) is 2.04. The first kappa shape index (κ1) is 12.3. The normalized spacial score (nSPS) is 12.5. The van der Waals surface area contributed by atoms with Gasteiger partial charge >= 0.3 is 0 Å². The van der Waals surface area contributed by atoms with Crippen molar-refractivity contribution in [3.8, 4) is 5.75 Å². The van der Waals surface area contributed by atoms with E-state index in [4.69, 9.17) is 27.2 Å². The molecule has 0 saturated heterocycles. The quantitative estimate of drug-likeness (QED) is 0.761. The summed E-state index contributed by atoms with van der Waals surface area (Å²) < 4.78 is 5.38. The van der Waals surface area contributed by atoms with Crippen molar-refractivity contribution in [2.75, 3.05) is 13.2 Å². The van der Waals surface area contributed by atoms with Crippen molar-refractivity contribution < 1.29 is 9.84 Å². The number of ether oxygens (including phenoxy) is 1. The highest BCUT2D eigenvalue weighted by molar-refractivity contribution is 6.32. The van der Waals surface area contributed by atoms with Crippen LogP contribution in [0.25, 0.3) is 0 Å². The number of benzene rings is 1. The van der Waals surface area contributed by atoms with Gasteiger partial charge in [-0.05, 0) is 24.6 Å². The van der Waals surface area contributed by atoms with Gasteiger partial charge in [0.15, 0.2) is 0 Å². The van der Waals surface area contributed by atoms with Gasteiger partial charge in [-0.3, -0.25) is 0 Å². The van der Waals surface area contributed by atoms with Crippen molar-refractivity contribution >= 4 is 11.6 Å². The molecule has 1 unspecified atom stereocenters. The van der Waals surface area contributed by atoms with E-state index in [0.29, 0.717) is 23.8 Å². The summed E-state index contributed by atoms with van der Waals surface area (Å²) in [5.41, 5.74) is 6.70. The topological polar surface area (TPSA) is 55.5 Å². The molecule has 1 aromatic carbocycles. The average molecular weight is 230 g/mol. The third-order valence-corrected chi connectivity index (χ3v) is 2.34. The van der Waals surface area contributed by atoms with Gasteiger partial charge in [0.25, 0.3) is 0 Å². The van der Waals surface area contributed by atoms with Crippen LogP contribution in [0.5, 0.6) is 5.75 Å². The lowest BCUT2D eigenvalue weighted by atomic mass is 10.1. The van der Waals surface area contributed by atoms with Crippen molar-refractivity contribution in [3.05, 3.63) is 28.8 Å². The maximum Gasteiger partial charge on any atom is 0.137 e. The van der Waals surface area contributed by atoms with Crippen LogP contribution < -0.4 is 10.5 Å². The molecule has 0 spiro atoms. The summed E-state index contributed by atoms with van der Waals surface area (Å²) in [4.78, 5) is 0. The van der Waals surface area contributed by atoms with Crippen LogP contribution in [0.2, 0.25) is 5.02 Å². The van der Waals surface area contributed by atoms with Gasteiger partial charge in [0.05, 0.1) is 11.6 Å². The summed E-state index contributed by atoms with van der Waals surface area (Å²) in [7, 11) is 0. The molecular formula is C11H16ClNO2. The van der Waals surface area contributed by atoms with Gasteiger partial charge in [0, 0.05) is 19.1 Å². The molecule has 3 N–H and O–H groups in total. The lowest BCUT2D eigenvalue weighted by Crippen LogP contribution is -2.05. The number of hydrogen-bond acceptors (Lipinski definition) is 3. The highest BCUT2D eigenvalue weighted by atomic mass is 35.5. The highest BCUT2D eigenvalue weighted by Crippen LogP contribution is 2.27. The standard InChI is InChI=1S/C11H16ClNO2/c1-8(13)9-3-4-11(10(12)7-9)15-6-2-5-14/h3-4,7-8,14H,2,5-6,13H2,1H3. The Morgan fingerprint density at radius 1 is 1.53 bits per heavy atom. The van der Waals surface area contributed by atoms with Crippen LogP contribution in [0.1, 0.15) is 24.9 Å². The average Bonchev–Trinajstić information content (AvgIpc) is 2.20. The SMILES string of the molecule is CC(N)c1ccc(OCCCO)c(Cl)c1. The minimum atomic E-state index is -0.0333. The van der Waals surface area contributed by atoms with Gasteiger partial charge < -0.3 is 15.6 Å². The number of halogens is 1. The monoisotopic (exact) mass is 229 g/mol. The molecule has 3 nitrogen and oxygen atoms in total. The van der Waals surface area contributed by atoms with Crippen molar-refractivity contribution in [1.82, 2.24) is 0 Å². The first-order chi connectivity index (χ1) is 7.15. The summed E-state index contributed by atoms with van der Waals surface area (Å²) in [5, 5.41) is 9.16. The fourth-order valence-electron chi connectivity index (χ4n) is 1.16. The van der Waals surface area contributed by atoms with Crippen LogP contribution in [0.15, 0.2) is 18.2 Å². The van der Waals surface area contributed by atoms with Crippen molar-refractivity contribution in [1.29, 1.82) is 0 Å². The molecule has 1 rings (SSSR count). The number of aliphatic hydroxyl groups excluding tert-OH is 1. The van der Waals surface area contributed by atoms with Crippen molar-refractivity contribution in [2.24, 2.45) is 5.73 Å². The maximum absolute atomic E-state index is 8.60. The number of nitrogens with two attached hydrogens (primary N) is 1. The zero-order valence-electron chi connectivity index (χ0n) is 8.74. The summed E-state index contributed by atoms with van der Waals surface area (Å²) >= 11 is 6.01. The minimum absolute atomic E-state index is 0.0333. The molecule has 0 heterocycles. The number of hydrogen-bond donors (Lipinski definition) is 2. The molecule has 0 amide bonds. The molecule has 0 aliphatic rings. The molecule has 1 atom stereocenters. The van der Waals surface area contributed by atoms with Crippen LogP contribution in [0.4, 0.5) is 0 Å². The number of aliphatic hydroxyl groups is 1. The van der Waals surface area contributed by atoms with Crippen LogP contribution in [0, 0.1) is 0 Å². The van der Waals surface area contributed by atoms with Gasteiger partial charge in [-0.1, -0.05) is 17.7 Å². The Morgan fingerprint density at radius 2 is 2.27 bits per heavy atom. The summed E-state index contributed by atoms with van der Waals surface area (Å²) in [6, 6.07) is 5.47. The molecular weight excluding hydrogens is 214 g/mol. The van der Waals surface area contributed by atoms with Gasteiger partial charge in [-0.15, -0.1) is 0 Å². The predicted molar refractivity (Wildman–Crippen MR) is 61.3 cm³/mol.